The summed E-state index contributed by atoms with van der Waals surface area (Å²) in [5.74, 6) is 0.578. The van der Waals surface area contributed by atoms with Gasteiger partial charge in [0.25, 0.3) is 5.91 Å². The Morgan fingerprint density at radius 2 is 2.20 bits per heavy atom. The molecular weight excluding hydrogens is 254 g/mol. The second-order valence-corrected chi connectivity index (χ2v) is 4.74. The first-order valence-corrected chi connectivity index (χ1v) is 6.37. The minimum atomic E-state index is -0.199. The van der Waals surface area contributed by atoms with Crippen molar-refractivity contribution >= 4 is 16.9 Å². The molecule has 0 saturated carbocycles. The first-order valence-electron chi connectivity index (χ1n) is 6.37. The molecule has 0 fully saturated rings. The number of carbonyl (C=O) groups excluding carboxylic acids is 1. The van der Waals surface area contributed by atoms with E-state index in [2.05, 4.69) is 20.4 Å². The normalized spacial score (nSPS) is 12.5. The summed E-state index contributed by atoms with van der Waals surface area (Å²) in [6.07, 6.45) is 3.22. The third-order valence-electron chi connectivity index (χ3n) is 3.13. The van der Waals surface area contributed by atoms with Gasteiger partial charge in [-0.2, -0.15) is 5.10 Å². The van der Waals surface area contributed by atoms with Crippen LogP contribution in [-0.2, 0) is 7.05 Å². The summed E-state index contributed by atoms with van der Waals surface area (Å²) in [5.41, 5.74) is 2.39. The predicted octanol–water partition coefficient (Wildman–Crippen LogP) is 1.79. The lowest BCUT2D eigenvalue weighted by Gasteiger charge is -2.10. The Morgan fingerprint density at radius 3 is 2.90 bits per heavy atom. The summed E-state index contributed by atoms with van der Waals surface area (Å²) in [6, 6.07) is 7.58. The average molecular weight is 269 g/mol. The predicted molar refractivity (Wildman–Crippen MR) is 75.2 cm³/mol. The number of aromatic nitrogens is 4. The second kappa shape index (κ2) is 4.80. The van der Waals surface area contributed by atoms with Gasteiger partial charge in [0.1, 0.15) is 5.82 Å². The van der Waals surface area contributed by atoms with E-state index in [-0.39, 0.29) is 11.9 Å². The number of hydrogen-bond acceptors (Lipinski definition) is 3. The molecule has 0 bridgehead atoms. The summed E-state index contributed by atoms with van der Waals surface area (Å²) in [7, 11) is 1.78. The van der Waals surface area contributed by atoms with Crippen LogP contribution in [0.15, 0.2) is 36.7 Å². The molecule has 2 aromatic heterocycles. The third kappa shape index (κ3) is 2.27. The molecule has 1 atom stereocenters. The number of carbonyl (C=O) groups is 1. The molecule has 2 N–H and O–H groups in total. The number of benzene rings is 1. The smallest absolute Gasteiger partial charge is 0.255 e. The molecule has 2 heterocycles. The molecule has 1 amide bonds. The molecule has 0 aliphatic carbocycles. The van der Waals surface area contributed by atoms with E-state index in [0.717, 1.165) is 16.9 Å². The van der Waals surface area contributed by atoms with Gasteiger partial charge in [-0.25, -0.2) is 4.98 Å². The lowest BCUT2D eigenvalue weighted by atomic mass is 10.2. The molecule has 20 heavy (non-hydrogen) atoms. The minimum absolute atomic E-state index is 0.161. The zero-order valence-corrected chi connectivity index (χ0v) is 11.3. The van der Waals surface area contributed by atoms with Gasteiger partial charge in [-0.3, -0.25) is 9.48 Å². The van der Waals surface area contributed by atoms with Crippen molar-refractivity contribution < 1.29 is 4.79 Å². The zero-order valence-electron chi connectivity index (χ0n) is 11.3. The van der Waals surface area contributed by atoms with Crippen molar-refractivity contribution in [2.75, 3.05) is 0 Å². The molecule has 6 nitrogen and oxygen atoms in total. The van der Waals surface area contributed by atoms with Crippen LogP contribution in [0.25, 0.3) is 11.0 Å². The number of imidazole rings is 1. The highest BCUT2D eigenvalue weighted by Crippen LogP contribution is 2.15. The molecule has 3 aromatic rings. The highest BCUT2D eigenvalue weighted by atomic mass is 16.1. The van der Waals surface area contributed by atoms with Crippen LogP contribution < -0.4 is 5.32 Å². The van der Waals surface area contributed by atoms with Gasteiger partial charge < -0.3 is 10.3 Å². The van der Waals surface area contributed by atoms with Crippen molar-refractivity contribution in [1.82, 2.24) is 25.1 Å². The number of aromatic amines is 1. The van der Waals surface area contributed by atoms with E-state index in [9.17, 15) is 4.79 Å². The Morgan fingerprint density at radius 1 is 1.40 bits per heavy atom. The van der Waals surface area contributed by atoms with Crippen LogP contribution in [0.1, 0.15) is 29.1 Å². The summed E-state index contributed by atoms with van der Waals surface area (Å²) in [6.45, 7) is 1.89. The van der Waals surface area contributed by atoms with Crippen LogP contribution >= 0.6 is 0 Å². The zero-order chi connectivity index (χ0) is 14.1. The van der Waals surface area contributed by atoms with E-state index >= 15 is 0 Å². The molecule has 0 spiro atoms. The lowest BCUT2D eigenvalue weighted by molar-refractivity contribution is 0.0938. The Hall–Kier alpha value is -2.63. The fourth-order valence-electron chi connectivity index (χ4n) is 2.06. The molecule has 0 aliphatic heterocycles. The largest absolute Gasteiger partial charge is 0.342 e. The number of nitrogens with one attached hydrogen (secondary N) is 2. The first-order chi connectivity index (χ1) is 9.63. The number of amides is 1. The Bertz CT molecular complexity index is 725. The van der Waals surface area contributed by atoms with Crippen LogP contribution in [0.3, 0.4) is 0 Å². The highest BCUT2D eigenvalue weighted by Gasteiger charge is 2.15. The molecule has 6 heteroatoms. The number of fused-ring (bicyclic) bond motifs is 1. The van der Waals surface area contributed by atoms with Crippen LogP contribution in [-0.4, -0.2) is 25.7 Å². The molecule has 3 rings (SSSR count). The van der Waals surface area contributed by atoms with Crippen molar-refractivity contribution in [3.05, 3.63) is 48.0 Å². The van der Waals surface area contributed by atoms with Crippen LogP contribution in [0, 0.1) is 0 Å². The third-order valence-corrected chi connectivity index (χ3v) is 3.13. The van der Waals surface area contributed by atoms with E-state index in [1.165, 1.54) is 0 Å². The van der Waals surface area contributed by atoms with Crippen LogP contribution in [0.4, 0.5) is 0 Å². The minimum Gasteiger partial charge on any atom is -0.342 e. The molecule has 0 aliphatic rings. The van der Waals surface area contributed by atoms with Crippen molar-refractivity contribution in [2.24, 2.45) is 7.05 Å². The Labute approximate surface area is 115 Å². The maximum Gasteiger partial charge on any atom is 0.255 e. The average Bonchev–Trinajstić information content (AvgIpc) is 3.04. The number of H-pyrrole nitrogens is 1. The summed E-state index contributed by atoms with van der Waals surface area (Å²) >= 11 is 0. The van der Waals surface area contributed by atoms with Gasteiger partial charge in [-0.15, -0.1) is 0 Å². The van der Waals surface area contributed by atoms with Gasteiger partial charge in [0.2, 0.25) is 0 Å². The molecule has 0 saturated heterocycles. The van der Waals surface area contributed by atoms with E-state index < -0.39 is 0 Å². The SMILES string of the molecule is CC(NC(=O)c1cnn(C)c1)c1nc2ccccc2[nH]1. The summed E-state index contributed by atoms with van der Waals surface area (Å²) < 4.78 is 1.60. The van der Waals surface area contributed by atoms with Crippen molar-refractivity contribution in [2.45, 2.75) is 13.0 Å². The molecule has 1 aromatic carbocycles. The van der Waals surface area contributed by atoms with Gasteiger partial charge in [0, 0.05) is 13.2 Å². The van der Waals surface area contributed by atoms with E-state index in [4.69, 9.17) is 0 Å². The summed E-state index contributed by atoms with van der Waals surface area (Å²) in [5, 5.41) is 6.89. The fraction of sp³-hybridized carbons (Fsp3) is 0.214. The van der Waals surface area contributed by atoms with E-state index in [1.807, 2.05) is 31.2 Å². The van der Waals surface area contributed by atoms with Crippen molar-refractivity contribution in [3.8, 4) is 0 Å². The Balaban J connectivity index is 1.78. The highest BCUT2D eigenvalue weighted by molar-refractivity contribution is 5.93. The van der Waals surface area contributed by atoms with Crippen LogP contribution in [0.2, 0.25) is 0 Å². The quantitative estimate of drug-likeness (QED) is 0.761. The second-order valence-electron chi connectivity index (χ2n) is 4.74. The summed E-state index contributed by atoms with van der Waals surface area (Å²) in [4.78, 5) is 19.7. The van der Waals surface area contributed by atoms with Crippen LogP contribution in [0.5, 0.6) is 0 Å². The molecule has 102 valence electrons. The topological polar surface area (TPSA) is 75.6 Å². The molecular formula is C14H15N5O. The van der Waals surface area contributed by atoms with Gasteiger partial charge in [0.15, 0.2) is 0 Å². The van der Waals surface area contributed by atoms with Gasteiger partial charge in [0.05, 0.1) is 28.8 Å². The number of rotatable bonds is 3. The van der Waals surface area contributed by atoms with Crippen molar-refractivity contribution in [3.63, 3.8) is 0 Å². The standard InChI is InChI=1S/C14H15N5O/c1-9(16-14(20)10-7-15-19(2)8-10)13-17-11-5-3-4-6-12(11)18-13/h3-9H,1-2H3,(H,16,20)(H,17,18). The van der Waals surface area contributed by atoms with E-state index in [1.54, 1.807) is 24.1 Å². The number of hydrogen-bond donors (Lipinski definition) is 2. The van der Waals surface area contributed by atoms with Gasteiger partial charge in [-0.05, 0) is 19.1 Å². The Kier molecular flexibility index (Phi) is 2.98. The number of aryl methyl sites for hydroxylation is 1. The number of para-hydroxylation sites is 2. The monoisotopic (exact) mass is 269 g/mol. The van der Waals surface area contributed by atoms with E-state index in [0.29, 0.717) is 5.56 Å². The molecule has 0 radical (unpaired) electrons. The lowest BCUT2D eigenvalue weighted by Crippen LogP contribution is -2.27. The van der Waals surface area contributed by atoms with Gasteiger partial charge >= 0.3 is 0 Å². The van der Waals surface area contributed by atoms with Gasteiger partial charge in [-0.1, -0.05) is 12.1 Å². The maximum absolute atomic E-state index is 12.1. The molecule has 1 unspecified atom stereocenters. The van der Waals surface area contributed by atoms with Crippen molar-refractivity contribution in [1.29, 1.82) is 0 Å². The fourth-order valence-corrected chi connectivity index (χ4v) is 2.06. The first kappa shape index (κ1) is 12.4. The number of nitrogens with zero attached hydrogens (tertiary/aromatic N) is 3. The maximum atomic E-state index is 12.1.